The van der Waals surface area contributed by atoms with Gasteiger partial charge in [0.05, 0.1) is 16.5 Å². The maximum absolute atomic E-state index is 12.3. The number of sulfonamides is 1. The zero-order chi connectivity index (χ0) is 14.3. The van der Waals surface area contributed by atoms with Crippen LogP contribution in [0.15, 0.2) is 16.3 Å². The van der Waals surface area contributed by atoms with Crippen LogP contribution < -0.4 is 10.5 Å². The molecule has 1 aliphatic rings. The van der Waals surface area contributed by atoms with Gasteiger partial charge in [0.2, 0.25) is 0 Å². The summed E-state index contributed by atoms with van der Waals surface area (Å²) < 4.78 is 33.0. The molecule has 1 aromatic rings. The normalized spacial score (nSPS) is 27.6. The van der Waals surface area contributed by atoms with Crippen LogP contribution in [-0.2, 0) is 14.8 Å². The first-order valence-electron chi connectivity index (χ1n) is 5.80. The molecule has 0 aliphatic carbocycles. The number of rotatable bonds is 4. The molecule has 0 saturated carbocycles. The van der Waals surface area contributed by atoms with E-state index in [1.807, 2.05) is 13.8 Å². The molecule has 1 fully saturated rings. The Morgan fingerprint density at radius 3 is 2.79 bits per heavy atom. The molecule has 0 aromatic carbocycles. The summed E-state index contributed by atoms with van der Waals surface area (Å²) in [6, 6.07) is 3.14. The standard InChI is InChI=1S/C11H16N2O3S3/c1-7-11(2,5-6-16-7)13-19(14,15)9-4-3-8(18-9)10(12)17/h3-4,7,13H,5-6H2,1-2H3,(H2,12,17). The zero-order valence-electron chi connectivity index (χ0n) is 10.7. The fourth-order valence-corrected chi connectivity index (χ4v) is 4.77. The maximum atomic E-state index is 12.3. The Balaban J connectivity index is 2.25. The molecule has 2 unspecified atom stereocenters. The Morgan fingerprint density at radius 1 is 1.63 bits per heavy atom. The van der Waals surface area contributed by atoms with Gasteiger partial charge < -0.3 is 10.5 Å². The molecule has 2 rings (SSSR count). The van der Waals surface area contributed by atoms with Crippen LogP contribution in [0, 0.1) is 0 Å². The molecule has 8 heteroatoms. The van der Waals surface area contributed by atoms with Gasteiger partial charge in [-0.1, -0.05) is 12.2 Å². The predicted octanol–water partition coefficient (Wildman–Crippen LogP) is 1.23. The van der Waals surface area contributed by atoms with E-state index in [1.54, 1.807) is 6.07 Å². The van der Waals surface area contributed by atoms with Gasteiger partial charge in [-0.05, 0) is 32.4 Å². The second-order valence-electron chi connectivity index (χ2n) is 4.77. The highest BCUT2D eigenvalue weighted by molar-refractivity contribution is 7.91. The summed E-state index contributed by atoms with van der Waals surface area (Å²) in [5.41, 5.74) is 4.91. The van der Waals surface area contributed by atoms with Crippen LogP contribution in [0.2, 0.25) is 0 Å². The molecule has 1 aromatic heterocycles. The fourth-order valence-electron chi connectivity index (χ4n) is 1.92. The van der Waals surface area contributed by atoms with Gasteiger partial charge in [0, 0.05) is 6.61 Å². The van der Waals surface area contributed by atoms with Gasteiger partial charge in [-0.3, -0.25) is 0 Å². The number of hydrogen-bond acceptors (Lipinski definition) is 5. The van der Waals surface area contributed by atoms with E-state index < -0.39 is 15.6 Å². The molecule has 2 atom stereocenters. The van der Waals surface area contributed by atoms with Crippen LogP contribution in [-0.4, -0.2) is 31.7 Å². The Labute approximate surface area is 122 Å². The second kappa shape index (κ2) is 5.10. The summed E-state index contributed by atoms with van der Waals surface area (Å²) in [6.45, 7) is 4.28. The molecular formula is C11H16N2O3S3. The minimum atomic E-state index is -3.57. The van der Waals surface area contributed by atoms with E-state index in [-0.39, 0.29) is 15.3 Å². The quantitative estimate of drug-likeness (QED) is 0.816. The Morgan fingerprint density at radius 2 is 2.32 bits per heavy atom. The largest absolute Gasteiger partial charge is 0.389 e. The lowest BCUT2D eigenvalue weighted by Gasteiger charge is -2.28. The van der Waals surface area contributed by atoms with Gasteiger partial charge in [0.15, 0.2) is 0 Å². The first kappa shape index (κ1) is 14.9. The zero-order valence-corrected chi connectivity index (χ0v) is 13.1. The third-order valence-electron chi connectivity index (χ3n) is 3.34. The maximum Gasteiger partial charge on any atom is 0.250 e. The SMILES string of the molecule is CC1OCCC1(C)NS(=O)(=O)c1ccc(C(N)=S)s1. The van der Waals surface area contributed by atoms with Crippen LogP contribution in [0.25, 0.3) is 0 Å². The van der Waals surface area contributed by atoms with E-state index in [4.69, 9.17) is 22.7 Å². The average Bonchev–Trinajstić information content (AvgIpc) is 2.87. The van der Waals surface area contributed by atoms with Gasteiger partial charge in [0.1, 0.15) is 9.20 Å². The smallest absolute Gasteiger partial charge is 0.250 e. The Hall–Kier alpha value is -0.540. The van der Waals surface area contributed by atoms with Crippen molar-refractivity contribution in [3.05, 3.63) is 17.0 Å². The first-order chi connectivity index (χ1) is 8.74. The molecule has 3 N–H and O–H groups in total. The third-order valence-corrected chi connectivity index (χ3v) is 6.91. The van der Waals surface area contributed by atoms with E-state index in [9.17, 15) is 8.42 Å². The molecule has 2 heterocycles. The number of ether oxygens (including phenoxy) is 1. The van der Waals surface area contributed by atoms with Crippen molar-refractivity contribution in [3.63, 3.8) is 0 Å². The molecule has 0 bridgehead atoms. The van der Waals surface area contributed by atoms with Gasteiger partial charge in [-0.2, -0.15) is 0 Å². The van der Waals surface area contributed by atoms with Crippen molar-refractivity contribution < 1.29 is 13.2 Å². The van der Waals surface area contributed by atoms with E-state index in [2.05, 4.69) is 4.72 Å². The lowest BCUT2D eigenvalue weighted by molar-refractivity contribution is 0.0957. The van der Waals surface area contributed by atoms with Gasteiger partial charge >= 0.3 is 0 Å². The number of thiophene rings is 1. The number of nitrogens with two attached hydrogens (primary N) is 1. The minimum absolute atomic E-state index is 0.155. The molecule has 1 saturated heterocycles. The van der Waals surface area contributed by atoms with E-state index >= 15 is 0 Å². The van der Waals surface area contributed by atoms with Crippen molar-refractivity contribution in [1.29, 1.82) is 0 Å². The summed E-state index contributed by atoms with van der Waals surface area (Å²) >= 11 is 5.91. The Kier molecular flexibility index (Phi) is 3.99. The summed E-state index contributed by atoms with van der Waals surface area (Å²) in [7, 11) is -3.57. The van der Waals surface area contributed by atoms with Crippen molar-refractivity contribution in [1.82, 2.24) is 4.72 Å². The van der Waals surface area contributed by atoms with Crippen molar-refractivity contribution >= 4 is 38.6 Å². The van der Waals surface area contributed by atoms with E-state index in [0.717, 1.165) is 11.3 Å². The topological polar surface area (TPSA) is 81.4 Å². The van der Waals surface area contributed by atoms with Crippen molar-refractivity contribution in [2.45, 2.75) is 36.1 Å². The highest BCUT2D eigenvalue weighted by Crippen LogP contribution is 2.29. The van der Waals surface area contributed by atoms with Crippen molar-refractivity contribution in [2.75, 3.05) is 6.61 Å². The molecule has 5 nitrogen and oxygen atoms in total. The highest BCUT2D eigenvalue weighted by atomic mass is 32.2. The van der Waals surface area contributed by atoms with Gasteiger partial charge in [0.25, 0.3) is 10.0 Å². The second-order valence-corrected chi connectivity index (χ2v) is 8.20. The van der Waals surface area contributed by atoms with Gasteiger partial charge in [-0.25, -0.2) is 13.1 Å². The Bertz CT molecular complexity index is 596. The lowest BCUT2D eigenvalue weighted by atomic mass is 9.97. The van der Waals surface area contributed by atoms with Crippen LogP contribution in [0.3, 0.4) is 0 Å². The molecule has 0 spiro atoms. The lowest BCUT2D eigenvalue weighted by Crippen LogP contribution is -2.50. The molecule has 0 radical (unpaired) electrons. The van der Waals surface area contributed by atoms with E-state index in [1.165, 1.54) is 6.07 Å². The van der Waals surface area contributed by atoms with Crippen LogP contribution in [0.4, 0.5) is 0 Å². The summed E-state index contributed by atoms with van der Waals surface area (Å²) in [5, 5.41) is 0. The van der Waals surface area contributed by atoms with Crippen LogP contribution in [0.1, 0.15) is 25.1 Å². The summed E-state index contributed by atoms with van der Waals surface area (Å²) in [4.78, 5) is 0.798. The molecule has 1 aliphatic heterocycles. The van der Waals surface area contributed by atoms with Gasteiger partial charge in [-0.15, -0.1) is 11.3 Å². The predicted molar refractivity (Wildman–Crippen MR) is 79.0 cm³/mol. The molecular weight excluding hydrogens is 304 g/mol. The van der Waals surface area contributed by atoms with Crippen LogP contribution in [0.5, 0.6) is 0 Å². The molecule has 0 amide bonds. The highest BCUT2D eigenvalue weighted by Gasteiger charge is 2.40. The van der Waals surface area contributed by atoms with E-state index in [0.29, 0.717) is 17.9 Å². The van der Waals surface area contributed by atoms with Crippen molar-refractivity contribution in [2.24, 2.45) is 5.73 Å². The molecule has 19 heavy (non-hydrogen) atoms. The molecule has 106 valence electrons. The fraction of sp³-hybridized carbons (Fsp3) is 0.545. The number of hydrogen-bond donors (Lipinski definition) is 2. The summed E-state index contributed by atoms with van der Waals surface area (Å²) in [6.07, 6.45) is 0.498. The van der Waals surface area contributed by atoms with Crippen LogP contribution >= 0.6 is 23.6 Å². The monoisotopic (exact) mass is 320 g/mol. The number of nitrogens with one attached hydrogen (secondary N) is 1. The summed E-state index contributed by atoms with van der Waals surface area (Å²) in [5.74, 6) is 0. The minimum Gasteiger partial charge on any atom is -0.389 e. The first-order valence-corrected chi connectivity index (χ1v) is 8.51. The van der Waals surface area contributed by atoms with Crippen molar-refractivity contribution in [3.8, 4) is 0 Å². The third kappa shape index (κ3) is 2.97. The average molecular weight is 320 g/mol. The number of thiocarbonyl (C=S) groups is 1.